The maximum Gasteiger partial charge on any atom is 0.451 e. The second-order valence-corrected chi connectivity index (χ2v) is 6.71. The van der Waals surface area contributed by atoms with Gasteiger partial charge in [-0.3, -0.25) is 0 Å². The minimum absolute atomic E-state index is 0.0615. The molecule has 1 aliphatic heterocycles. The summed E-state index contributed by atoms with van der Waals surface area (Å²) in [6.07, 6.45) is -4.74. The molecule has 2 N–H and O–H groups in total. The number of rotatable bonds is 5. The van der Waals surface area contributed by atoms with Crippen LogP contribution in [0.25, 0.3) is 0 Å². The Balaban J connectivity index is 1.72. The molecule has 0 bridgehead atoms. The molecule has 1 aromatic carbocycles. The highest BCUT2D eigenvalue weighted by atomic mass is 19.4. The number of aromatic nitrogens is 1. The molecule has 12 heteroatoms. The third-order valence-corrected chi connectivity index (χ3v) is 4.18. The molecule has 3 rings (SSSR count). The number of alkyl halides is 5. The first-order chi connectivity index (χ1) is 14.0. The van der Waals surface area contributed by atoms with E-state index in [2.05, 4.69) is 25.0 Å². The van der Waals surface area contributed by atoms with Gasteiger partial charge in [-0.25, -0.2) is 23.1 Å². The summed E-state index contributed by atoms with van der Waals surface area (Å²) >= 11 is 0. The number of benzene rings is 1. The first-order valence-corrected chi connectivity index (χ1v) is 8.83. The Hall–Kier alpha value is -2.92. The highest BCUT2D eigenvalue weighted by Gasteiger charge is 2.40. The van der Waals surface area contributed by atoms with Crippen LogP contribution in [0.2, 0.25) is 0 Å². The Bertz CT molecular complexity index is 941. The number of nitrogens with one attached hydrogen (secondary N) is 2. The summed E-state index contributed by atoms with van der Waals surface area (Å²) in [6, 6.07) is 3.12. The van der Waals surface area contributed by atoms with Gasteiger partial charge in [0.15, 0.2) is 18.3 Å². The molecule has 0 radical (unpaired) electrons. The number of aliphatic imine (C=N–C) groups is 1. The summed E-state index contributed by atoms with van der Waals surface area (Å²) in [4.78, 5) is 7.30. The quantitative estimate of drug-likeness (QED) is 0.679. The van der Waals surface area contributed by atoms with E-state index in [4.69, 9.17) is 4.74 Å². The van der Waals surface area contributed by atoms with E-state index in [9.17, 15) is 26.3 Å². The van der Waals surface area contributed by atoms with E-state index in [0.717, 1.165) is 0 Å². The number of oxazole rings is 1. The van der Waals surface area contributed by atoms with E-state index in [-0.39, 0.29) is 29.7 Å². The Morgan fingerprint density at radius 2 is 2.00 bits per heavy atom. The molecule has 2 aromatic rings. The monoisotopic (exact) mass is 436 g/mol. The molecule has 0 spiro atoms. The Morgan fingerprint density at radius 1 is 1.27 bits per heavy atom. The van der Waals surface area contributed by atoms with E-state index < -0.39 is 48.6 Å². The molecule has 30 heavy (non-hydrogen) atoms. The SMILES string of the molecule is Cc1nc([C@@H](C)Nc2cccc(CNC3=NCC(F)(F)CO3)c2F)c(C(F)(F)F)o1. The number of nitrogens with zero attached hydrogens (tertiary/aromatic N) is 2. The largest absolute Gasteiger partial charge is 0.459 e. The number of hydrogen-bond donors (Lipinski definition) is 2. The number of halogens is 6. The van der Waals surface area contributed by atoms with Gasteiger partial charge < -0.3 is 19.8 Å². The van der Waals surface area contributed by atoms with Gasteiger partial charge in [0.25, 0.3) is 6.02 Å². The zero-order valence-electron chi connectivity index (χ0n) is 15.9. The number of aryl methyl sites for hydroxylation is 1. The lowest BCUT2D eigenvalue weighted by atomic mass is 10.1. The lowest BCUT2D eigenvalue weighted by molar-refractivity contribution is -0.154. The molecule has 1 aromatic heterocycles. The second kappa shape index (κ2) is 8.07. The zero-order chi connectivity index (χ0) is 22.1. The van der Waals surface area contributed by atoms with Gasteiger partial charge in [-0.05, 0) is 13.0 Å². The summed E-state index contributed by atoms with van der Waals surface area (Å²) < 4.78 is 89.6. The van der Waals surface area contributed by atoms with Crippen LogP contribution in [0.15, 0.2) is 27.6 Å². The van der Waals surface area contributed by atoms with E-state index in [1.54, 1.807) is 0 Å². The minimum Gasteiger partial charge on any atom is -0.459 e. The fraction of sp³-hybridized carbons (Fsp3) is 0.444. The smallest absolute Gasteiger partial charge is 0.451 e. The first kappa shape index (κ1) is 21.8. The Labute approximate surface area is 167 Å². The molecule has 164 valence electrons. The van der Waals surface area contributed by atoms with Gasteiger partial charge in [0.05, 0.1) is 11.7 Å². The third kappa shape index (κ3) is 4.97. The lowest BCUT2D eigenvalue weighted by Gasteiger charge is -2.22. The molecule has 6 nitrogen and oxygen atoms in total. The Morgan fingerprint density at radius 3 is 2.63 bits per heavy atom. The van der Waals surface area contributed by atoms with Crippen LogP contribution in [-0.2, 0) is 17.5 Å². The van der Waals surface area contributed by atoms with Gasteiger partial charge in [-0.2, -0.15) is 13.2 Å². The van der Waals surface area contributed by atoms with Crippen LogP contribution < -0.4 is 10.6 Å². The second-order valence-electron chi connectivity index (χ2n) is 6.71. The van der Waals surface area contributed by atoms with E-state index in [0.29, 0.717) is 0 Å². The Kier molecular flexibility index (Phi) is 5.86. The average Bonchev–Trinajstić information content (AvgIpc) is 3.06. The van der Waals surface area contributed by atoms with Crippen LogP contribution in [0.4, 0.5) is 32.0 Å². The highest BCUT2D eigenvalue weighted by Crippen LogP contribution is 2.36. The van der Waals surface area contributed by atoms with Crippen molar-refractivity contribution in [1.82, 2.24) is 10.3 Å². The molecule has 0 aliphatic carbocycles. The number of hydrogen-bond acceptors (Lipinski definition) is 6. The van der Waals surface area contributed by atoms with Crippen LogP contribution >= 0.6 is 0 Å². The van der Waals surface area contributed by atoms with Gasteiger partial charge in [-0.1, -0.05) is 12.1 Å². The standard InChI is InChI=1S/C18H18F6N4O2/c1-9(14-15(18(22,23)24)30-10(2)28-14)27-12-5-3-4-11(13(12)19)6-25-16-26-7-17(20,21)8-29-16/h3-5,9,27H,6-8H2,1-2H3,(H,25,26)/t9-/m1/s1. The minimum atomic E-state index is -4.74. The predicted octanol–water partition coefficient (Wildman–Crippen LogP) is 4.43. The van der Waals surface area contributed by atoms with Gasteiger partial charge in [0.2, 0.25) is 5.76 Å². The first-order valence-electron chi connectivity index (χ1n) is 8.83. The normalized spacial score (nSPS) is 17.1. The van der Waals surface area contributed by atoms with Crippen molar-refractivity contribution in [2.75, 3.05) is 18.5 Å². The highest BCUT2D eigenvalue weighted by molar-refractivity contribution is 5.74. The van der Waals surface area contributed by atoms with Gasteiger partial charge in [0.1, 0.15) is 12.2 Å². The molecule has 0 saturated carbocycles. The van der Waals surface area contributed by atoms with Crippen LogP contribution in [0.3, 0.4) is 0 Å². The van der Waals surface area contributed by atoms with Crippen molar-refractivity contribution in [2.45, 2.75) is 38.5 Å². The van der Waals surface area contributed by atoms with Crippen LogP contribution in [-0.4, -0.2) is 30.1 Å². The molecule has 0 fully saturated rings. The molecule has 0 amide bonds. The average molecular weight is 436 g/mol. The molecule has 0 saturated heterocycles. The van der Waals surface area contributed by atoms with Crippen molar-refractivity contribution in [3.8, 4) is 0 Å². The van der Waals surface area contributed by atoms with Gasteiger partial charge in [0, 0.05) is 19.0 Å². The predicted molar refractivity (Wildman–Crippen MR) is 94.7 cm³/mol. The fourth-order valence-electron chi connectivity index (χ4n) is 2.80. The van der Waals surface area contributed by atoms with Crippen LogP contribution in [0, 0.1) is 12.7 Å². The summed E-state index contributed by atoms with van der Waals surface area (Å²) in [5.74, 6) is -5.19. The topological polar surface area (TPSA) is 71.7 Å². The molecular formula is C18H18F6N4O2. The van der Waals surface area contributed by atoms with E-state index in [1.807, 2.05) is 0 Å². The zero-order valence-corrected chi connectivity index (χ0v) is 15.9. The van der Waals surface area contributed by atoms with Gasteiger partial charge >= 0.3 is 12.1 Å². The maximum absolute atomic E-state index is 14.8. The van der Waals surface area contributed by atoms with Crippen molar-refractivity contribution >= 4 is 11.7 Å². The molecule has 1 atom stereocenters. The van der Waals surface area contributed by atoms with Gasteiger partial charge in [-0.15, -0.1) is 0 Å². The summed E-state index contributed by atoms with van der Waals surface area (Å²) in [5.41, 5.74) is -0.328. The number of amidine groups is 1. The number of anilines is 1. The van der Waals surface area contributed by atoms with Crippen molar-refractivity contribution in [2.24, 2.45) is 4.99 Å². The summed E-state index contributed by atoms with van der Waals surface area (Å²) in [5, 5.41) is 5.27. The van der Waals surface area contributed by atoms with E-state index in [1.165, 1.54) is 32.0 Å². The lowest BCUT2D eigenvalue weighted by Crippen LogP contribution is -2.39. The van der Waals surface area contributed by atoms with Crippen molar-refractivity contribution < 1.29 is 35.5 Å². The molecular weight excluding hydrogens is 418 g/mol. The third-order valence-electron chi connectivity index (χ3n) is 4.18. The summed E-state index contributed by atoms with van der Waals surface area (Å²) in [7, 11) is 0. The van der Waals surface area contributed by atoms with Crippen LogP contribution in [0.1, 0.15) is 35.9 Å². The molecule has 0 unspecified atom stereocenters. The maximum atomic E-state index is 14.8. The molecule has 1 aliphatic rings. The summed E-state index contributed by atoms with van der Waals surface area (Å²) in [6.45, 7) is 0.970. The van der Waals surface area contributed by atoms with Crippen molar-refractivity contribution in [3.05, 3.63) is 46.9 Å². The van der Waals surface area contributed by atoms with E-state index >= 15 is 0 Å². The van der Waals surface area contributed by atoms with Crippen LogP contribution in [0.5, 0.6) is 0 Å². The fourth-order valence-corrected chi connectivity index (χ4v) is 2.80. The van der Waals surface area contributed by atoms with Crippen molar-refractivity contribution in [1.29, 1.82) is 0 Å². The number of ether oxygens (including phenoxy) is 1. The van der Waals surface area contributed by atoms with Crippen molar-refractivity contribution in [3.63, 3.8) is 0 Å². The molecule has 2 heterocycles.